The number of hydrogen-bond donors (Lipinski definition) is 1. The van der Waals surface area contributed by atoms with Gasteiger partial charge in [-0.2, -0.15) is 0 Å². The average molecular weight is 456 g/mol. The second kappa shape index (κ2) is 8.48. The molecule has 1 N–H and O–H groups in total. The van der Waals surface area contributed by atoms with Gasteiger partial charge in [0, 0.05) is 41.6 Å². The number of aryl methyl sites for hydroxylation is 1. The number of benzene rings is 2. The highest BCUT2D eigenvalue weighted by molar-refractivity contribution is 7.80. The van der Waals surface area contributed by atoms with Crippen molar-refractivity contribution in [3.05, 3.63) is 118 Å². The highest BCUT2D eigenvalue weighted by Gasteiger charge is 2.42. The summed E-state index contributed by atoms with van der Waals surface area (Å²) in [6.07, 6.45) is 3.74. The zero-order chi connectivity index (χ0) is 22.9. The van der Waals surface area contributed by atoms with E-state index in [1.165, 1.54) is 12.1 Å². The van der Waals surface area contributed by atoms with E-state index < -0.39 is 4.92 Å². The highest BCUT2D eigenvalue weighted by atomic mass is 32.1. The SMILES string of the molecule is Cc1cccc(N2C(=S)N[C@@H](c3ccccn3)[C@@H]2c2cccn2-c2ccc([N+](=O)[O-])cc2)c1. The molecule has 3 heterocycles. The third-order valence-electron chi connectivity index (χ3n) is 5.80. The summed E-state index contributed by atoms with van der Waals surface area (Å²) < 4.78 is 2.04. The molecule has 1 saturated heterocycles. The van der Waals surface area contributed by atoms with Crippen molar-refractivity contribution < 1.29 is 4.92 Å². The number of nitrogens with zero attached hydrogens (tertiary/aromatic N) is 4. The van der Waals surface area contributed by atoms with Crippen molar-refractivity contribution in [2.24, 2.45) is 0 Å². The zero-order valence-electron chi connectivity index (χ0n) is 17.8. The second-order valence-corrected chi connectivity index (χ2v) is 8.30. The maximum Gasteiger partial charge on any atom is 0.269 e. The van der Waals surface area contributed by atoms with Crippen LogP contribution in [0.3, 0.4) is 0 Å². The Kier molecular flexibility index (Phi) is 5.35. The third-order valence-corrected chi connectivity index (χ3v) is 6.11. The smallest absolute Gasteiger partial charge is 0.269 e. The Labute approximate surface area is 196 Å². The summed E-state index contributed by atoms with van der Waals surface area (Å²) in [5.74, 6) is 0. The number of rotatable bonds is 5. The monoisotopic (exact) mass is 455 g/mol. The van der Waals surface area contributed by atoms with Crippen molar-refractivity contribution in [2.45, 2.75) is 19.0 Å². The Morgan fingerprint density at radius 2 is 1.82 bits per heavy atom. The van der Waals surface area contributed by atoms with Gasteiger partial charge in [-0.25, -0.2) is 0 Å². The normalized spacial score (nSPS) is 17.7. The average Bonchev–Trinajstić information content (AvgIpc) is 3.44. The summed E-state index contributed by atoms with van der Waals surface area (Å²) in [5, 5.41) is 15.2. The molecule has 0 aliphatic carbocycles. The Morgan fingerprint density at radius 3 is 2.52 bits per heavy atom. The Bertz CT molecular complexity index is 1320. The van der Waals surface area contributed by atoms with Crippen LogP contribution >= 0.6 is 12.2 Å². The maximum atomic E-state index is 11.1. The van der Waals surface area contributed by atoms with E-state index in [2.05, 4.69) is 40.3 Å². The van der Waals surface area contributed by atoms with Gasteiger partial charge in [-0.05, 0) is 73.2 Å². The molecule has 1 aliphatic heterocycles. The quantitative estimate of drug-likeness (QED) is 0.251. The van der Waals surface area contributed by atoms with Gasteiger partial charge in [0.25, 0.3) is 5.69 Å². The van der Waals surface area contributed by atoms with Crippen molar-refractivity contribution >= 4 is 28.7 Å². The minimum absolute atomic E-state index is 0.0592. The van der Waals surface area contributed by atoms with E-state index in [-0.39, 0.29) is 17.8 Å². The highest BCUT2D eigenvalue weighted by Crippen LogP contribution is 2.42. The molecule has 0 amide bonds. The van der Waals surface area contributed by atoms with Crippen LogP contribution in [0.4, 0.5) is 11.4 Å². The first-order chi connectivity index (χ1) is 16.0. The van der Waals surface area contributed by atoms with E-state index in [4.69, 9.17) is 12.2 Å². The van der Waals surface area contributed by atoms with Crippen LogP contribution in [-0.2, 0) is 0 Å². The first kappa shape index (κ1) is 20.8. The third kappa shape index (κ3) is 3.85. The van der Waals surface area contributed by atoms with Gasteiger partial charge in [0.15, 0.2) is 5.11 Å². The summed E-state index contributed by atoms with van der Waals surface area (Å²) in [6.45, 7) is 2.06. The van der Waals surface area contributed by atoms with Gasteiger partial charge in [-0.1, -0.05) is 18.2 Å². The Hall–Kier alpha value is -4.04. The number of nitrogens with one attached hydrogen (secondary N) is 1. The molecule has 8 heteroatoms. The standard InChI is InChI=1S/C25H21N5O2S/c1-17-6-4-7-20(16-17)29-24(23(27-25(29)33)21-8-2-3-14-26-21)22-9-5-15-28(22)18-10-12-19(13-11-18)30(31)32/h2-16,23-24H,1H3,(H,27,33)/t23-,24-/m0/s1. The van der Waals surface area contributed by atoms with Crippen LogP contribution in [0.2, 0.25) is 0 Å². The van der Waals surface area contributed by atoms with Gasteiger partial charge in [0.1, 0.15) is 6.04 Å². The number of pyridine rings is 1. The molecule has 0 bridgehead atoms. The van der Waals surface area contributed by atoms with Gasteiger partial charge in [0.2, 0.25) is 0 Å². The Balaban J connectivity index is 1.64. The Morgan fingerprint density at radius 1 is 1.00 bits per heavy atom. The molecule has 0 spiro atoms. The number of non-ortho nitro benzene ring substituents is 1. The molecule has 2 aromatic carbocycles. The van der Waals surface area contributed by atoms with E-state index in [1.54, 1.807) is 18.3 Å². The number of hydrogen-bond acceptors (Lipinski definition) is 4. The maximum absolute atomic E-state index is 11.1. The number of aromatic nitrogens is 2. The lowest BCUT2D eigenvalue weighted by Crippen LogP contribution is -2.30. The zero-order valence-corrected chi connectivity index (χ0v) is 18.6. The fourth-order valence-corrected chi connectivity index (χ4v) is 4.66. The summed E-state index contributed by atoms with van der Waals surface area (Å²) in [4.78, 5) is 17.4. The first-order valence-electron chi connectivity index (χ1n) is 10.5. The van der Waals surface area contributed by atoms with E-state index >= 15 is 0 Å². The molecule has 2 aromatic heterocycles. The topological polar surface area (TPSA) is 76.2 Å². The van der Waals surface area contributed by atoms with E-state index in [0.717, 1.165) is 28.3 Å². The minimum Gasteiger partial charge on any atom is -0.351 e. The molecule has 4 aromatic rings. The molecule has 1 aliphatic rings. The van der Waals surface area contributed by atoms with Crippen LogP contribution in [0.1, 0.15) is 29.0 Å². The van der Waals surface area contributed by atoms with E-state index in [0.29, 0.717) is 5.11 Å². The number of nitro groups is 1. The lowest BCUT2D eigenvalue weighted by Gasteiger charge is -2.29. The molecular weight excluding hydrogens is 434 g/mol. The fourth-order valence-electron chi connectivity index (χ4n) is 4.32. The summed E-state index contributed by atoms with van der Waals surface area (Å²) in [5.41, 5.74) is 4.91. The van der Waals surface area contributed by atoms with Crippen LogP contribution in [-0.4, -0.2) is 19.6 Å². The van der Waals surface area contributed by atoms with E-state index in [1.807, 2.05) is 47.2 Å². The molecule has 0 radical (unpaired) electrons. The number of nitro benzene ring substituents is 1. The largest absolute Gasteiger partial charge is 0.351 e. The van der Waals surface area contributed by atoms with Gasteiger partial charge >= 0.3 is 0 Å². The first-order valence-corrected chi connectivity index (χ1v) is 10.9. The predicted octanol–water partition coefficient (Wildman–Crippen LogP) is 5.27. The summed E-state index contributed by atoms with van der Waals surface area (Å²) in [7, 11) is 0. The van der Waals surface area contributed by atoms with E-state index in [9.17, 15) is 10.1 Å². The van der Waals surface area contributed by atoms with Crippen LogP contribution in [0, 0.1) is 17.0 Å². The lowest BCUT2D eigenvalue weighted by atomic mass is 10.0. The van der Waals surface area contributed by atoms with Crippen LogP contribution < -0.4 is 10.2 Å². The van der Waals surface area contributed by atoms with Crippen LogP contribution in [0.15, 0.2) is 91.3 Å². The number of anilines is 1. The molecule has 2 atom stereocenters. The predicted molar refractivity (Wildman–Crippen MR) is 132 cm³/mol. The van der Waals surface area contributed by atoms with Crippen molar-refractivity contribution in [1.82, 2.24) is 14.9 Å². The van der Waals surface area contributed by atoms with Gasteiger partial charge < -0.3 is 14.8 Å². The molecular formula is C25H21N5O2S. The van der Waals surface area contributed by atoms with Crippen molar-refractivity contribution in [3.8, 4) is 5.69 Å². The molecule has 0 saturated carbocycles. The van der Waals surface area contributed by atoms with Crippen LogP contribution in [0.25, 0.3) is 5.69 Å². The van der Waals surface area contributed by atoms with Crippen molar-refractivity contribution in [1.29, 1.82) is 0 Å². The van der Waals surface area contributed by atoms with Crippen molar-refractivity contribution in [3.63, 3.8) is 0 Å². The summed E-state index contributed by atoms with van der Waals surface area (Å²) in [6, 6.07) is 24.3. The number of thiocarbonyl (C=S) groups is 1. The van der Waals surface area contributed by atoms with Crippen LogP contribution in [0.5, 0.6) is 0 Å². The molecule has 1 fully saturated rings. The second-order valence-electron chi connectivity index (χ2n) is 7.91. The minimum atomic E-state index is -0.393. The molecule has 5 rings (SSSR count). The van der Waals surface area contributed by atoms with Gasteiger partial charge in [0.05, 0.1) is 16.7 Å². The lowest BCUT2D eigenvalue weighted by molar-refractivity contribution is -0.384. The fraction of sp³-hybridized carbons (Fsp3) is 0.120. The van der Waals surface area contributed by atoms with Gasteiger partial charge in [-0.3, -0.25) is 15.1 Å². The molecule has 33 heavy (non-hydrogen) atoms. The summed E-state index contributed by atoms with van der Waals surface area (Å²) >= 11 is 5.80. The van der Waals surface area contributed by atoms with Gasteiger partial charge in [-0.15, -0.1) is 0 Å². The molecule has 0 unspecified atom stereocenters. The molecule has 164 valence electrons. The molecule has 7 nitrogen and oxygen atoms in total. The van der Waals surface area contributed by atoms with Crippen molar-refractivity contribution in [2.75, 3.05) is 4.90 Å².